The second kappa shape index (κ2) is 3.97. The molecular formula is C12H17N5O. The van der Waals surface area contributed by atoms with Crippen molar-refractivity contribution in [3.63, 3.8) is 0 Å². The number of nitrogens with two attached hydrogens (primary N) is 2. The zero-order valence-electron chi connectivity index (χ0n) is 11.0. The van der Waals surface area contributed by atoms with E-state index in [1.54, 1.807) is 13.3 Å². The first-order valence-corrected chi connectivity index (χ1v) is 5.60. The average Bonchev–Trinajstić information content (AvgIpc) is 2.25. The Morgan fingerprint density at radius 2 is 1.78 bits per heavy atom. The highest BCUT2D eigenvalue weighted by atomic mass is 16.5. The van der Waals surface area contributed by atoms with Crippen LogP contribution < -0.4 is 16.2 Å². The van der Waals surface area contributed by atoms with Gasteiger partial charge in [0.2, 0.25) is 5.95 Å². The van der Waals surface area contributed by atoms with Crippen molar-refractivity contribution in [2.45, 2.75) is 26.2 Å². The van der Waals surface area contributed by atoms with E-state index in [0.717, 1.165) is 5.56 Å². The molecule has 0 amide bonds. The van der Waals surface area contributed by atoms with E-state index < -0.39 is 0 Å². The van der Waals surface area contributed by atoms with Crippen LogP contribution in [-0.4, -0.2) is 22.1 Å². The van der Waals surface area contributed by atoms with Gasteiger partial charge in [0.1, 0.15) is 16.8 Å². The van der Waals surface area contributed by atoms with Gasteiger partial charge in [0.25, 0.3) is 0 Å². The van der Waals surface area contributed by atoms with E-state index in [9.17, 15) is 0 Å². The van der Waals surface area contributed by atoms with Gasteiger partial charge in [0.05, 0.1) is 13.3 Å². The number of anilines is 2. The molecular weight excluding hydrogens is 230 g/mol. The van der Waals surface area contributed by atoms with Crippen LogP contribution in [0.25, 0.3) is 11.0 Å². The Bertz CT molecular complexity index is 603. The molecule has 2 aromatic heterocycles. The lowest BCUT2D eigenvalue weighted by Gasteiger charge is -2.23. The van der Waals surface area contributed by atoms with Gasteiger partial charge >= 0.3 is 0 Å². The topological polar surface area (TPSA) is 99.9 Å². The summed E-state index contributed by atoms with van der Waals surface area (Å²) < 4.78 is 5.36. The number of aromatic nitrogens is 3. The Labute approximate surface area is 105 Å². The molecule has 2 rings (SSSR count). The van der Waals surface area contributed by atoms with Crippen LogP contribution in [0.1, 0.15) is 26.3 Å². The molecule has 96 valence electrons. The molecule has 0 fully saturated rings. The maximum atomic E-state index is 5.83. The molecule has 18 heavy (non-hydrogen) atoms. The first kappa shape index (κ1) is 12.3. The van der Waals surface area contributed by atoms with Crippen LogP contribution in [0.15, 0.2) is 6.20 Å². The molecule has 0 aliphatic rings. The summed E-state index contributed by atoms with van der Waals surface area (Å²) in [6, 6.07) is 0. The fraction of sp³-hybridized carbons (Fsp3) is 0.417. The summed E-state index contributed by atoms with van der Waals surface area (Å²) in [7, 11) is 1.60. The highest BCUT2D eigenvalue weighted by Crippen LogP contribution is 2.36. The third-order valence-corrected chi connectivity index (χ3v) is 2.69. The van der Waals surface area contributed by atoms with Crippen molar-refractivity contribution in [3.8, 4) is 5.75 Å². The van der Waals surface area contributed by atoms with E-state index in [1.807, 2.05) is 0 Å². The summed E-state index contributed by atoms with van der Waals surface area (Å²) in [6.07, 6.45) is 1.64. The summed E-state index contributed by atoms with van der Waals surface area (Å²) in [6.45, 7) is 6.20. The zero-order valence-corrected chi connectivity index (χ0v) is 11.0. The van der Waals surface area contributed by atoms with Crippen LogP contribution in [-0.2, 0) is 5.41 Å². The molecule has 0 bridgehead atoms. The Morgan fingerprint density at radius 1 is 1.11 bits per heavy atom. The molecule has 0 aliphatic heterocycles. The van der Waals surface area contributed by atoms with Crippen LogP contribution in [0.5, 0.6) is 5.75 Å². The molecule has 4 N–H and O–H groups in total. The summed E-state index contributed by atoms with van der Waals surface area (Å²) in [4.78, 5) is 12.4. The molecule has 6 nitrogen and oxygen atoms in total. The van der Waals surface area contributed by atoms with E-state index in [4.69, 9.17) is 16.2 Å². The van der Waals surface area contributed by atoms with Gasteiger partial charge < -0.3 is 16.2 Å². The van der Waals surface area contributed by atoms with Crippen molar-refractivity contribution in [2.75, 3.05) is 18.6 Å². The zero-order chi connectivity index (χ0) is 13.5. The number of ether oxygens (including phenoxy) is 1. The van der Waals surface area contributed by atoms with Gasteiger partial charge in [0.15, 0.2) is 5.82 Å². The van der Waals surface area contributed by atoms with Crippen molar-refractivity contribution >= 4 is 22.8 Å². The lowest BCUT2D eigenvalue weighted by atomic mass is 9.86. The van der Waals surface area contributed by atoms with Crippen LogP contribution in [0, 0.1) is 0 Å². The normalized spacial score (nSPS) is 11.8. The van der Waals surface area contributed by atoms with Crippen molar-refractivity contribution in [2.24, 2.45) is 0 Å². The molecule has 0 spiro atoms. The van der Waals surface area contributed by atoms with Crippen LogP contribution in [0.2, 0.25) is 0 Å². The number of hydrogen-bond donors (Lipinski definition) is 2. The molecule has 0 saturated heterocycles. The van der Waals surface area contributed by atoms with E-state index in [2.05, 4.69) is 35.7 Å². The minimum absolute atomic E-state index is 0.139. The van der Waals surface area contributed by atoms with Crippen LogP contribution in [0.3, 0.4) is 0 Å². The van der Waals surface area contributed by atoms with Crippen LogP contribution >= 0.6 is 0 Å². The predicted octanol–water partition coefficient (Wildman–Crippen LogP) is 1.50. The predicted molar refractivity (Wildman–Crippen MR) is 71.4 cm³/mol. The fourth-order valence-corrected chi connectivity index (χ4v) is 1.98. The Kier molecular flexibility index (Phi) is 2.73. The minimum atomic E-state index is -0.167. The van der Waals surface area contributed by atoms with E-state index in [0.29, 0.717) is 16.8 Å². The highest BCUT2D eigenvalue weighted by Gasteiger charge is 2.24. The maximum absolute atomic E-state index is 5.83. The second-order valence-electron chi connectivity index (χ2n) is 5.12. The van der Waals surface area contributed by atoms with Crippen molar-refractivity contribution in [1.29, 1.82) is 0 Å². The summed E-state index contributed by atoms with van der Waals surface area (Å²) in [5.74, 6) is 1.10. The highest BCUT2D eigenvalue weighted by molar-refractivity contribution is 5.89. The van der Waals surface area contributed by atoms with E-state index in [-0.39, 0.29) is 17.2 Å². The third-order valence-electron chi connectivity index (χ3n) is 2.69. The molecule has 0 unspecified atom stereocenters. The van der Waals surface area contributed by atoms with Crippen LogP contribution in [0.4, 0.5) is 11.8 Å². The Hall–Kier alpha value is -2.11. The average molecular weight is 247 g/mol. The Morgan fingerprint density at radius 3 is 2.33 bits per heavy atom. The lowest BCUT2D eigenvalue weighted by Crippen LogP contribution is -2.16. The molecule has 0 aliphatic carbocycles. The number of nitrogens with zero attached hydrogens (tertiary/aromatic N) is 3. The number of pyridine rings is 1. The smallest absolute Gasteiger partial charge is 0.222 e. The molecule has 0 saturated carbocycles. The monoisotopic (exact) mass is 247 g/mol. The molecule has 0 radical (unpaired) electrons. The molecule has 0 aromatic carbocycles. The molecule has 0 atom stereocenters. The number of rotatable bonds is 1. The largest absolute Gasteiger partial charge is 0.495 e. The van der Waals surface area contributed by atoms with Crippen molar-refractivity contribution in [1.82, 2.24) is 15.0 Å². The number of methoxy groups -OCH3 is 1. The first-order chi connectivity index (χ1) is 8.34. The van der Waals surface area contributed by atoms with Gasteiger partial charge in [-0.2, -0.15) is 4.98 Å². The summed E-state index contributed by atoms with van der Waals surface area (Å²) in [5, 5.41) is 0. The van der Waals surface area contributed by atoms with E-state index in [1.165, 1.54) is 0 Å². The van der Waals surface area contributed by atoms with Gasteiger partial charge in [-0.25, -0.2) is 9.97 Å². The Balaban J connectivity index is 2.94. The fourth-order valence-electron chi connectivity index (χ4n) is 1.98. The summed E-state index contributed by atoms with van der Waals surface area (Å²) in [5.41, 5.74) is 13.4. The van der Waals surface area contributed by atoms with Gasteiger partial charge in [-0.1, -0.05) is 20.8 Å². The first-order valence-electron chi connectivity index (χ1n) is 5.60. The molecule has 2 aromatic rings. The van der Waals surface area contributed by atoms with Gasteiger partial charge in [-0.05, 0) is 5.41 Å². The lowest BCUT2D eigenvalue weighted by molar-refractivity contribution is 0.397. The van der Waals surface area contributed by atoms with Gasteiger partial charge in [0, 0.05) is 5.56 Å². The summed E-state index contributed by atoms with van der Waals surface area (Å²) >= 11 is 0. The van der Waals surface area contributed by atoms with Crippen molar-refractivity contribution < 1.29 is 4.74 Å². The maximum Gasteiger partial charge on any atom is 0.222 e. The molecule has 6 heteroatoms. The second-order valence-corrected chi connectivity index (χ2v) is 5.12. The third kappa shape index (κ3) is 1.90. The number of nitrogen functional groups attached to an aromatic ring is 2. The number of hydrogen-bond acceptors (Lipinski definition) is 6. The van der Waals surface area contributed by atoms with Gasteiger partial charge in [-0.15, -0.1) is 0 Å². The van der Waals surface area contributed by atoms with Crippen molar-refractivity contribution in [3.05, 3.63) is 11.8 Å². The molecule has 2 heterocycles. The van der Waals surface area contributed by atoms with Gasteiger partial charge in [-0.3, -0.25) is 0 Å². The van der Waals surface area contributed by atoms with E-state index >= 15 is 0 Å². The SMILES string of the molecule is COc1cnc2c(N)nc(N)nc2c1C(C)(C)C. The quantitative estimate of drug-likeness (QED) is 0.792. The number of fused-ring (bicyclic) bond motifs is 1. The standard InChI is InChI=1S/C12H17N5O/c1-12(2,3)7-6(18-4)5-15-9-8(7)16-11(14)17-10(9)13/h5H,1-4H3,(H4,13,14,16,17). The minimum Gasteiger partial charge on any atom is -0.495 e.